The van der Waals surface area contributed by atoms with Gasteiger partial charge in [-0.3, -0.25) is 10.1 Å². The van der Waals surface area contributed by atoms with E-state index in [1.807, 2.05) is 30.3 Å². The number of nitrogens with zero attached hydrogens (tertiary/aromatic N) is 2. The highest BCUT2D eigenvalue weighted by Crippen LogP contribution is 2.24. The van der Waals surface area contributed by atoms with Crippen LogP contribution in [0.1, 0.15) is 49.6 Å². The molecule has 1 unspecified atom stereocenters. The van der Waals surface area contributed by atoms with E-state index in [1.54, 1.807) is 0 Å². The molecule has 0 saturated carbocycles. The van der Waals surface area contributed by atoms with Crippen molar-refractivity contribution in [2.75, 3.05) is 5.32 Å². The Labute approximate surface area is 129 Å². The molecule has 21 heavy (non-hydrogen) atoms. The van der Waals surface area contributed by atoms with Gasteiger partial charge in [-0.1, -0.05) is 61.9 Å². The summed E-state index contributed by atoms with van der Waals surface area (Å²) in [5.74, 6) is -0.128. The van der Waals surface area contributed by atoms with Gasteiger partial charge in [0.2, 0.25) is 11.0 Å². The highest BCUT2D eigenvalue weighted by molar-refractivity contribution is 7.15. The Morgan fingerprint density at radius 1 is 1.19 bits per heavy atom. The Morgan fingerprint density at radius 2 is 1.95 bits per heavy atom. The van der Waals surface area contributed by atoms with Crippen LogP contribution in [0, 0.1) is 0 Å². The number of benzene rings is 1. The van der Waals surface area contributed by atoms with Crippen molar-refractivity contribution in [2.45, 2.75) is 45.4 Å². The molecule has 5 heteroatoms. The maximum atomic E-state index is 12.5. The third-order valence-electron chi connectivity index (χ3n) is 3.26. The molecular formula is C16H21N3OS. The lowest BCUT2D eigenvalue weighted by Crippen LogP contribution is -2.21. The van der Waals surface area contributed by atoms with E-state index < -0.39 is 0 Å². The molecule has 1 aromatic heterocycles. The van der Waals surface area contributed by atoms with Gasteiger partial charge in [0, 0.05) is 6.42 Å². The first kappa shape index (κ1) is 15.6. The van der Waals surface area contributed by atoms with Crippen LogP contribution in [0.15, 0.2) is 30.3 Å². The fourth-order valence-corrected chi connectivity index (χ4v) is 3.08. The molecule has 1 amide bonds. The predicted molar refractivity (Wildman–Crippen MR) is 86.6 cm³/mol. The van der Waals surface area contributed by atoms with E-state index in [1.165, 1.54) is 11.3 Å². The number of hydrogen-bond donors (Lipinski definition) is 1. The van der Waals surface area contributed by atoms with Crippen molar-refractivity contribution >= 4 is 22.4 Å². The van der Waals surface area contributed by atoms with Gasteiger partial charge in [0.25, 0.3) is 0 Å². The van der Waals surface area contributed by atoms with E-state index in [-0.39, 0.29) is 11.8 Å². The lowest BCUT2D eigenvalue weighted by Gasteiger charge is -2.15. The number of hydrogen-bond acceptors (Lipinski definition) is 4. The maximum absolute atomic E-state index is 12.5. The molecule has 1 N–H and O–H groups in total. The summed E-state index contributed by atoms with van der Waals surface area (Å²) >= 11 is 1.46. The molecule has 0 aliphatic carbocycles. The first-order chi connectivity index (χ1) is 10.2. The van der Waals surface area contributed by atoms with Crippen molar-refractivity contribution in [3.63, 3.8) is 0 Å². The number of aromatic nitrogens is 2. The molecule has 0 aliphatic heterocycles. The van der Waals surface area contributed by atoms with Crippen LogP contribution in [-0.2, 0) is 11.2 Å². The maximum Gasteiger partial charge on any atom is 0.233 e. The zero-order chi connectivity index (χ0) is 15.1. The van der Waals surface area contributed by atoms with Crippen molar-refractivity contribution in [3.8, 4) is 0 Å². The fraction of sp³-hybridized carbons (Fsp3) is 0.438. The second kappa shape index (κ2) is 7.88. The predicted octanol–water partition coefficient (Wildman–Crippen LogP) is 4.01. The van der Waals surface area contributed by atoms with E-state index in [0.29, 0.717) is 5.13 Å². The molecule has 0 spiro atoms. The number of anilines is 1. The summed E-state index contributed by atoms with van der Waals surface area (Å²) in [6, 6.07) is 9.91. The van der Waals surface area contributed by atoms with Crippen molar-refractivity contribution in [1.82, 2.24) is 10.2 Å². The first-order valence-corrected chi connectivity index (χ1v) is 8.24. The standard InChI is InChI=1S/C16H21N3OS/c1-3-8-13(12-10-6-5-7-11-12)15(20)17-16-19-18-14(21-16)9-4-2/h5-7,10-11,13H,3-4,8-9H2,1-2H3,(H,17,19,20). The fourth-order valence-electron chi connectivity index (χ4n) is 2.23. The zero-order valence-corrected chi connectivity index (χ0v) is 13.3. The summed E-state index contributed by atoms with van der Waals surface area (Å²) < 4.78 is 0. The molecule has 0 bridgehead atoms. The summed E-state index contributed by atoms with van der Waals surface area (Å²) in [5.41, 5.74) is 1.05. The minimum Gasteiger partial charge on any atom is -0.300 e. The van der Waals surface area contributed by atoms with Gasteiger partial charge < -0.3 is 0 Å². The highest BCUT2D eigenvalue weighted by atomic mass is 32.1. The molecular weight excluding hydrogens is 282 g/mol. The summed E-state index contributed by atoms with van der Waals surface area (Å²) in [6.07, 6.45) is 3.73. The monoisotopic (exact) mass is 303 g/mol. The quantitative estimate of drug-likeness (QED) is 0.840. The number of carbonyl (C=O) groups is 1. The number of nitrogens with one attached hydrogen (secondary N) is 1. The second-order valence-corrected chi connectivity index (χ2v) is 6.05. The average Bonchev–Trinajstić information content (AvgIpc) is 2.93. The Balaban J connectivity index is 2.07. The van der Waals surface area contributed by atoms with Gasteiger partial charge >= 0.3 is 0 Å². The Hall–Kier alpha value is -1.75. The minimum atomic E-state index is -0.130. The van der Waals surface area contributed by atoms with Crippen molar-refractivity contribution < 1.29 is 4.79 Å². The van der Waals surface area contributed by atoms with Crippen LogP contribution in [0.5, 0.6) is 0 Å². The van der Waals surface area contributed by atoms with Gasteiger partial charge in [-0.15, -0.1) is 10.2 Å². The third kappa shape index (κ3) is 4.36. The summed E-state index contributed by atoms with van der Waals surface area (Å²) in [7, 11) is 0. The first-order valence-electron chi connectivity index (χ1n) is 7.42. The highest BCUT2D eigenvalue weighted by Gasteiger charge is 2.20. The molecule has 0 fully saturated rings. The van der Waals surface area contributed by atoms with Gasteiger partial charge in [0.05, 0.1) is 5.92 Å². The number of amides is 1. The number of aryl methyl sites for hydroxylation is 1. The Kier molecular flexibility index (Phi) is 5.87. The van der Waals surface area contributed by atoms with Crippen molar-refractivity contribution in [3.05, 3.63) is 40.9 Å². The van der Waals surface area contributed by atoms with Gasteiger partial charge in [-0.2, -0.15) is 0 Å². The van der Waals surface area contributed by atoms with E-state index >= 15 is 0 Å². The van der Waals surface area contributed by atoms with E-state index in [9.17, 15) is 4.79 Å². The summed E-state index contributed by atoms with van der Waals surface area (Å²) in [4.78, 5) is 12.5. The molecule has 2 aromatic rings. The SMILES string of the molecule is CCCc1nnc(NC(=O)C(CCC)c2ccccc2)s1. The topological polar surface area (TPSA) is 54.9 Å². The average molecular weight is 303 g/mol. The molecule has 4 nitrogen and oxygen atoms in total. The summed E-state index contributed by atoms with van der Waals surface area (Å²) in [6.45, 7) is 4.19. The van der Waals surface area contributed by atoms with Gasteiger partial charge in [-0.25, -0.2) is 0 Å². The molecule has 1 heterocycles. The van der Waals surface area contributed by atoms with Crippen LogP contribution in [0.25, 0.3) is 0 Å². The van der Waals surface area contributed by atoms with Crippen LogP contribution in [0.2, 0.25) is 0 Å². The lowest BCUT2D eigenvalue weighted by molar-refractivity contribution is -0.117. The Morgan fingerprint density at radius 3 is 2.62 bits per heavy atom. The summed E-state index contributed by atoms with van der Waals surface area (Å²) in [5, 5.41) is 12.6. The van der Waals surface area contributed by atoms with E-state index in [0.717, 1.165) is 36.3 Å². The van der Waals surface area contributed by atoms with Crippen LogP contribution in [0.3, 0.4) is 0 Å². The van der Waals surface area contributed by atoms with Crippen molar-refractivity contribution in [2.24, 2.45) is 0 Å². The van der Waals surface area contributed by atoms with E-state index in [2.05, 4.69) is 29.4 Å². The molecule has 0 saturated heterocycles. The Bertz CT molecular complexity index is 568. The van der Waals surface area contributed by atoms with Gasteiger partial charge in [0.1, 0.15) is 5.01 Å². The smallest absolute Gasteiger partial charge is 0.233 e. The van der Waals surface area contributed by atoms with Crippen LogP contribution >= 0.6 is 11.3 Å². The molecule has 0 radical (unpaired) electrons. The normalized spacial score (nSPS) is 12.1. The molecule has 0 aliphatic rings. The van der Waals surface area contributed by atoms with Gasteiger partial charge in [-0.05, 0) is 18.4 Å². The molecule has 2 rings (SSSR count). The van der Waals surface area contributed by atoms with Crippen LogP contribution in [0.4, 0.5) is 5.13 Å². The van der Waals surface area contributed by atoms with Gasteiger partial charge in [0.15, 0.2) is 0 Å². The van der Waals surface area contributed by atoms with E-state index in [4.69, 9.17) is 0 Å². The second-order valence-electron chi connectivity index (χ2n) is 4.99. The minimum absolute atomic E-state index is 0.00208. The van der Waals surface area contributed by atoms with Crippen LogP contribution < -0.4 is 5.32 Å². The largest absolute Gasteiger partial charge is 0.300 e. The zero-order valence-electron chi connectivity index (χ0n) is 12.5. The third-order valence-corrected chi connectivity index (χ3v) is 4.16. The molecule has 112 valence electrons. The van der Waals surface area contributed by atoms with Crippen molar-refractivity contribution in [1.29, 1.82) is 0 Å². The number of rotatable bonds is 7. The van der Waals surface area contributed by atoms with Crippen LogP contribution in [-0.4, -0.2) is 16.1 Å². The molecule has 1 atom stereocenters. The lowest BCUT2D eigenvalue weighted by atomic mass is 9.94. The number of carbonyl (C=O) groups excluding carboxylic acids is 1. The molecule has 1 aromatic carbocycles.